The van der Waals surface area contributed by atoms with Crippen molar-refractivity contribution < 1.29 is 18.0 Å². The molecule has 0 aliphatic carbocycles. The number of nitrogens with zero attached hydrogens (tertiary/aromatic N) is 1. The van der Waals surface area contributed by atoms with E-state index in [9.17, 15) is 18.0 Å². The van der Waals surface area contributed by atoms with Crippen LogP contribution in [-0.4, -0.2) is 43.7 Å². The van der Waals surface area contributed by atoms with Crippen LogP contribution in [0.5, 0.6) is 0 Å². The molecule has 0 saturated carbocycles. The lowest BCUT2D eigenvalue weighted by molar-refractivity contribution is -0.119. The van der Waals surface area contributed by atoms with Gasteiger partial charge in [-0.3, -0.25) is 9.59 Å². The highest BCUT2D eigenvalue weighted by molar-refractivity contribution is 7.89. The van der Waals surface area contributed by atoms with Crippen molar-refractivity contribution in [3.05, 3.63) is 42.5 Å². The van der Waals surface area contributed by atoms with Crippen molar-refractivity contribution in [2.75, 3.05) is 13.1 Å². The molecule has 2 amide bonds. The van der Waals surface area contributed by atoms with E-state index in [0.29, 0.717) is 6.54 Å². The summed E-state index contributed by atoms with van der Waals surface area (Å²) < 4.78 is 26.1. The topological polar surface area (TPSA) is 95.6 Å². The molecule has 0 spiro atoms. The van der Waals surface area contributed by atoms with Crippen molar-refractivity contribution >= 4 is 21.8 Å². The Morgan fingerprint density at radius 1 is 1.30 bits per heavy atom. The summed E-state index contributed by atoms with van der Waals surface area (Å²) in [6.07, 6.45) is 1.16. The van der Waals surface area contributed by atoms with Gasteiger partial charge in [0.15, 0.2) is 0 Å². The van der Waals surface area contributed by atoms with E-state index >= 15 is 0 Å². The second kappa shape index (κ2) is 6.93. The molecule has 0 bridgehead atoms. The molecule has 0 radical (unpaired) electrons. The Bertz CT molecular complexity index is 707. The van der Waals surface area contributed by atoms with Crippen LogP contribution in [-0.2, 0) is 26.2 Å². The normalized spacial score (nSPS) is 15.5. The van der Waals surface area contributed by atoms with Gasteiger partial charge >= 0.3 is 0 Å². The van der Waals surface area contributed by atoms with Gasteiger partial charge in [0.2, 0.25) is 21.8 Å². The first-order valence-electron chi connectivity index (χ1n) is 7.09. The zero-order valence-corrected chi connectivity index (χ0v) is 13.6. The Morgan fingerprint density at radius 3 is 2.43 bits per heavy atom. The zero-order valence-electron chi connectivity index (χ0n) is 12.8. The van der Waals surface area contributed by atoms with Crippen molar-refractivity contribution in [1.29, 1.82) is 0 Å². The third-order valence-corrected chi connectivity index (χ3v) is 5.33. The van der Waals surface area contributed by atoms with Crippen LogP contribution in [0.2, 0.25) is 0 Å². The summed E-state index contributed by atoms with van der Waals surface area (Å²) in [4.78, 5) is 22.2. The van der Waals surface area contributed by atoms with Gasteiger partial charge in [-0.2, -0.15) is 4.31 Å². The fourth-order valence-electron chi connectivity index (χ4n) is 2.14. The number of benzene rings is 1. The van der Waals surface area contributed by atoms with Crippen LogP contribution in [0.1, 0.15) is 12.5 Å². The van der Waals surface area contributed by atoms with E-state index in [1.807, 2.05) is 0 Å². The summed E-state index contributed by atoms with van der Waals surface area (Å²) in [6, 6.07) is 6.18. The summed E-state index contributed by atoms with van der Waals surface area (Å²) in [7, 11) is -3.56. The summed E-state index contributed by atoms with van der Waals surface area (Å²) >= 11 is 0. The Kier molecular flexibility index (Phi) is 5.17. The average molecular weight is 337 g/mol. The van der Waals surface area contributed by atoms with Crippen LogP contribution < -0.4 is 10.6 Å². The first-order chi connectivity index (χ1) is 10.8. The van der Waals surface area contributed by atoms with E-state index in [4.69, 9.17) is 0 Å². The number of sulfonamides is 1. The number of amides is 2. The van der Waals surface area contributed by atoms with Gasteiger partial charge in [-0.25, -0.2) is 8.42 Å². The molecular formula is C15H19N3O4S. The smallest absolute Gasteiger partial charge is 0.243 e. The quantitative estimate of drug-likeness (QED) is 0.714. The number of carbonyl (C=O) groups excluding carboxylic acids is 2. The predicted molar refractivity (Wildman–Crippen MR) is 84.8 cm³/mol. The van der Waals surface area contributed by atoms with E-state index in [-0.39, 0.29) is 35.8 Å². The molecule has 2 rings (SSSR count). The minimum Gasteiger partial charge on any atom is -0.352 e. The van der Waals surface area contributed by atoms with Gasteiger partial charge in [-0.15, -0.1) is 0 Å². The number of carbonyl (C=O) groups is 2. The van der Waals surface area contributed by atoms with Gasteiger partial charge in [-0.1, -0.05) is 18.7 Å². The van der Waals surface area contributed by atoms with Crippen molar-refractivity contribution in [2.45, 2.75) is 24.4 Å². The number of rotatable bonds is 6. The average Bonchev–Trinajstić information content (AvgIpc) is 2.48. The van der Waals surface area contributed by atoms with E-state index < -0.39 is 10.0 Å². The van der Waals surface area contributed by atoms with Crippen LogP contribution in [0.25, 0.3) is 0 Å². The minimum absolute atomic E-state index is 0.144. The molecule has 1 aromatic carbocycles. The Morgan fingerprint density at radius 2 is 1.91 bits per heavy atom. The highest BCUT2D eigenvalue weighted by Gasteiger charge is 2.37. The molecule has 8 heteroatoms. The molecule has 1 aromatic rings. The molecule has 124 valence electrons. The summed E-state index contributed by atoms with van der Waals surface area (Å²) in [5.74, 6) is -0.454. The van der Waals surface area contributed by atoms with E-state index in [1.54, 1.807) is 12.1 Å². The molecule has 2 N–H and O–H groups in total. The molecule has 0 unspecified atom stereocenters. The van der Waals surface area contributed by atoms with Gasteiger partial charge in [0.1, 0.15) is 0 Å². The number of hydrogen-bond acceptors (Lipinski definition) is 4. The maximum absolute atomic E-state index is 12.4. The molecule has 0 atom stereocenters. The fourth-order valence-corrected chi connectivity index (χ4v) is 3.67. The second-order valence-electron chi connectivity index (χ2n) is 5.29. The van der Waals surface area contributed by atoms with E-state index in [0.717, 1.165) is 11.6 Å². The summed E-state index contributed by atoms with van der Waals surface area (Å²) in [6.45, 7) is 5.62. The lowest BCUT2D eigenvalue weighted by Crippen LogP contribution is -2.60. The summed E-state index contributed by atoms with van der Waals surface area (Å²) in [5, 5.41) is 5.30. The van der Waals surface area contributed by atoms with E-state index in [1.165, 1.54) is 23.4 Å². The van der Waals surface area contributed by atoms with Gasteiger partial charge in [-0.05, 0) is 23.8 Å². The van der Waals surface area contributed by atoms with Gasteiger partial charge in [0.25, 0.3) is 0 Å². The van der Waals surface area contributed by atoms with Crippen molar-refractivity contribution in [1.82, 2.24) is 14.9 Å². The molecule has 23 heavy (non-hydrogen) atoms. The fraction of sp³-hybridized carbons (Fsp3) is 0.333. The third kappa shape index (κ3) is 4.17. The first-order valence-corrected chi connectivity index (χ1v) is 8.53. The highest BCUT2D eigenvalue weighted by Crippen LogP contribution is 2.22. The molecule has 1 aliphatic heterocycles. The number of hydrogen-bond donors (Lipinski definition) is 2. The van der Waals surface area contributed by atoms with Gasteiger partial charge in [0, 0.05) is 26.6 Å². The Hall–Kier alpha value is -2.19. The lowest BCUT2D eigenvalue weighted by atomic mass is 10.2. The maximum atomic E-state index is 12.4. The van der Waals surface area contributed by atoms with Crippen LogP contribution in [0.15, 0.2) is 41.8 Å². The standard InChI is InChI=1S/C15H19N3O4S/c1-3-15(20)17-13-9-18(10-13)23(21,22)14-6-4-12(5-7-14)8-16-11(2)19/h3-7,13H,1,8-10H2,2H3,(H,16,19)(H,17,20). The summed E-state index contributed by atoms with van der Waals surface area (Å²) in [5.41, 5.74) is 0.818. The maximum Gasteiger partial charge on any atom is 0.243 e. The monoisotopic (exact) mass is 337 g/mol. The van der Waals surface area contributed by atoms with Gasteiger partial charge in [0.05, 0.1) is 10.9 Å². The van der Waals surface area contributed by atoms with Gasteiger partial charge < -0.3 is 10.6 Å². The van der Waals surface area contributed by atoms with Crippen LogP contribution in [0, 0.1) is 0 Å². The predicted octanol–water partition coefficient (Wildman–Crippen LogP) is -0.00220. The Labute approximate surface area is 135 Å². The van der Waals surface area contributed by atoms with Crippen LogP contribution >= 0.6 is 0 Å². The minimum atomic E-state index is -3.56. The molecule has 1 heterocycles. The first kappa shape index (κ1) is 17.2. The SMILES string of the molecule is C=CC(=O)NC1CN(S(=O)(=O)c2ccc(CNC(C)=O)cc2)C1. The zero-order chi connectivity index (χ0) is 17.0. The molecule has 1 aliphatic rings. The second-order valence-corrected chi connectivity index (χ2v) is 7.22. The third-order valence-electron chi connectivity index (χ3n) is 3.48. The molecular weight excluding hydrogens is 318 g/mol. The molecule has 1 fully saturated rings. The van der Waals surface area contributed by atoms with Crippen LogP contribution in [0.4, 0.5) is 0 Å². The van der Waals surface area contributed by atoms with Crippen molar-refractivity contribution in [3.63, 3.8) is 0 Å². The lowest BCUT2D eigenvalue weighted by Gasteiger charge is -2.38. The molecule has 7 nitrogen and oxygen atoms in total. The van der Waals surface area contributed by atoms with Crippen LogP contribution in [0.3, 0.4) is 0 Å². The van der Waals surface area contributed by atoms with Crippen molar-refractivity contribution in [3.8, 4) is 0 Å². The molecule has 0 aromatic heterocycles. The van der Waals surface area contributed by atoms with E-state index in [2.05, 4.69) is 17.2 Å². The highest BCUT2D eigenvalue weighted by atomic mass is 32.2. The molecule has 1 saturated heterocycles. The Balaban J connectivity index is 1.97. The number of nitrogens with one attached hydrogen (secondary N) is 2. The largest absolute Gasteiger partial charge is 0.352 e. The van der Waals surface area contributed by atoms with Crippen molar-refractivity contribution in [2.24, 2.45) is 0 Å².